The van der Waals surface area contributed by atoms with Crippen LogP contribution in [0.5, 0.6) is 0 Å². The van der Waals surface area contributed by atoms with E-state index in [1.807, 2.05) is 12.1 Å². The Kier molecular flexibility index (Phi) is 13.5. The molecule has 29 heavy (non-hydrogen) atoms. The first-order chi connectivity index (χ1) is 13.5. The van der Waals surface area contributed by atoms with Gasteiger partial charge in [0.15, 0.2) is 0 Å². The number of aryl methyl sites for hydroxylation is 2. The van der Waals surface area contributed by atoms with Crippen molar-refractivity contribution in [1.29, 1.82) is 0 Å². The summed E-state index contributed by atoms with van der Waals surface area (Å²) in [5.41, 5.74) is 2.56. The van der Waals surface area contributed by atoms with Crippen molar-refractivity contribution in [3.05, 3.63) is 41.5 Å². The molecule has 2 rings (SSSR count). The normalized spacial score (nSPS) is 11.6. The van der Waals surface area contributed by atoms with Gasteiger partial charge in [0.2, 0.25) is 0 Å². The molecule has 2 aromatic carbocycles. The van der Waals surface area contributed by atoms with E-state index in [0.717, 1.165) is 31.1 Å². The number of hydrogen-bond donors (Lipinski definition) is 0. The molecule has 0 unspecified atom stereocenters. The Bertz CT molecular complexity index is 847. The summed E-state index contributed by atoms with van der Waals surface area (Å²) in [5, 5.41) is 1.52. The van der Waals surface area contributed by atoms with Crippen LogP contribution in [0, 0.1) is 0 Å². The van der Waals surface area contributed by atoms with Gasteiger partial charge in [-0.15, -0.1) is 0 Å². The summed E-state index contributed by atoms with van der Waals surface area (Å²) < 4.78 is 35.1. The summed E-state index contributed by atoms with van der Waals surface area (Å²) in [4.78, 5) is -0.0910. The molecule has 3 nitrogen and oxygen atoms in total. The average Bonchev–Trinajstić information content (AvgIpc) is 2.67. The third-order valence-electron chi connectivity index (χ3n) is 5.58. The molecule has 0 saturated carbocycles. The maximum Gasteiger partial charge on any atom is 1.00 e. The van der Waals surface area contributed by atoms with Crippen LogP contribution in [0.2, 0.25) is 0 Å². The molecular formula is C24H35KO3S. The van der Waals surface area contributed by atoms with Gasteiger partial charge in [-0.05, 0) is 53.6 Å². The number of fused-ring (bicyclic) bond motifs is 1. The summed E-state index contributed by atoms with van der Waals surface area (Å²) in [7, 11) is -4.47. The van der Waals surface area contributed by atoms with Crippen LogP contribution in [0.25, 0.3) is 10.8 Å². The molecule has 0 aliphatic heterocycles. The van der Waals surface area contributed by atoms with Crippen molar-refractivity contribution in [2.75, 3.05) is 0 Å². The van der Waals surface area contributed by atoms with E-state index in [4.69, 9.17) is 0 Å². The number of hydrogen-bond acceptors (Lipinski definition) is 3. The Morgan fingerprint density at radius 2 is 1.31 bits per heavy atom. The van der Waals surface area contributed by atoms with Crippen molar-refractivity contribution < 1.29 is 64.4 Å². The quantitative estimate of drug-likeness (QED) is 0.269. The van der Waals surface area contributed by atoms with E-state index >= 15 is 0 Å². The maximum atomic E-state index is 11.7. The molecule has 0 amide bonds. The Morgan fingerprint density at radius 3 is 1.90 bits per heavy atom. The summed E-state index contributed by atoms with van der Waals surface area (Å²) in [6.07, 6.45) is 14.2. The van der Waals surface area contributed by atoms with Crippen LogP contribution in [0.4, 0.5) is 0 Å². The Balaban J connectivity index is 0.00000420. The van der Waals surface area contributed by atoms with E-state index in [1.165, 1.54) is 68.6 Å². The average molecular weight is 443 g/mol. The Morgan fingerprint density at radius 1 is 0.724 bits per heavy atom. The third-order valence-corrected chi connectivity index (χ3v) is 6.47. The first kappa shape index (κ1) is 27.3. The van der Waals surface area contributed by atoms with Crippen LogP contribution < -0.4 is 51.4 Å². The first-order valence-corrected chi connectivity index (χ1v) is 12.4. The molecule has 0 N–H and O–H groups in total. The summed E-state index contributed by atoms with van der Waals surface area (Å²) in [5.74, 6) is 0. The van der Waals surface area contributed by atoms with Gasteiger partial charge in [0.1, 0.15) is 10.1 Å². The van der Waals surface area contributed by atoms with Crippen molar-refractivity contribution >= 4 is 20.9 Å². The predicted molar refractivity (Wildman–Crippen MR) is 117 cm³/mol. The zero-order valence-electron chi connectivity index (χ0n) is 18.5. The molecule has 0 fully saturated rings. The molecule has 156 valence electrons. The molecule has 0 radical (unpaired) electrons. The predicted octanol–water partition coefficient (Wildman–Crippen LogP) is 3.77. The van der Waals surface area contributed by atoms with Crippen molar-refractivity contribution in [1.82, 2.24) is 0 Å². The van der Waals surface area contributed by atoms with Crippen molar-refractivity contribution in [2.24, 2.45) is 0 Å². The largest absolute Gasteiger partial charge is 1.00 e. The molecule has 2 aromatic rings. The SMILES string of the molecule is CCCCCCCc1ccc2c(S(=O)(=O)[O-])cccc2c1CCCCCCC.[K+]. The summed E-state index contributed by atoms with van der Waals surface area (Å²) in [6.45, 7) is 4.44. The molecule has 0 bridgehead atoms. The van der Waals surface area contributed by atoms with Crippen molar-refractivity contribution in [3.8, 4) is 0 Å². The third kappa shape index (κ3) is 8.72. The smallest absolute Gasteiger partial charge is 0.744 e. The molecule has 0 saturated heterocycles. The van der Waals surface area contributed by atoms with Crippen LogP contribution in [-0.4, -0.2) is 13.0 Å². The molecule has 0 aliphatic rings. The van der Waals surface area contributed by atoms with E-state index in [9.17, 15) is 13.0 Å². The second-order valence-corrected chi connectivity index (χ2v) is 9.19. The van der Waals surface area contributed by atoms with E-state index in [-0.39, 0.29) is 56.3 Å². The van der Waals surface area contributed by atoms with Gasteiger partial charge in [-0.25, -0.2) is 8.42 Å². The van der Waals surface area contributed by atoms with Crippen molar-refractivity contribution in [3.63, 3.8) is 0 Å². The first-order valence-electron chi connectivity index (χ1n) is 11.0. The fourth-order valence-corrected chi connectivity index (χ4v) is 4.70. The van der Waals surface area contributed by atoms with Crippen LogP contribution >= 0.6 is 0 Å². The van der Waals surface area contributed by atoms with E-state index in [1.54, 1.807) is 6.07 Å². The van der Waals surface area contributed by atoms with Crippen LogP contribution in [0.3, 0.4) is 0 Å². The van der Waals surface area contributed by atoms with Gasteiger partial charge in [0.25, 0.3) is 0 Å². The minimum Gasteiger partial charge on any atom is -0.744 e. The second-order valence-electron chi connectivity index (χ2n) is 7.84. The van der Waals surface area contributed by atoms with Crippen molar-refractivity contribution in [2.45, 2.75) is 95.8 Å². The molecule has 0 atom stereocenters. The van der Waals surface area contributed by atoms with Gasteiger partial charge in [0, 0.05) is 0 Å². The molecule has 5 heteroatoms. The molecule has 0 spiro atoms. The second kappa shape index (κ2) is 14.3. The maximum absolute atomic E-state index is 11.7. The summed E-state index contributed by atoms with van der Waals surface area (Å²) in [6, 6.07) is 9.01. The van der Waals surface area contributed by atoms with E-state index < -0.39 is 10.1 Å². The van der Waals surface area contributed by atoms with E-state index in [0.29, 0.717) is 5.39 Å². The van der Waals surface area contributed by atoms with Crippen LogP contribution in [-0.2, 0) is 23.0 Å². The summed E-state index contributed by atoms with van der Waals surface area (Å²) >= 11 is 0. The van der Waals surface area contributed by atoms with E-state index in [2.05, 4.69) is 19.9 Å². The number of benzene rings is 2. The van der Waals surface area contributed by atoms with Gasteiger partial charge in [-0.1, -0.05) is 89.5 Å². The fraction of sp³-hybridized carbons (Fsp3) is 0.583. The molecular weight excluding hydrogens is 407 g/mol. The van der Waals surface area contributed by atoms with Crippen LogP contribution in [0.1, 0.15) is 89.2 Å². The Hall–Kier alpha value is 0.246. The molecule has 0 aliphatic carbocycles. The molecule has 0 aromatic heterocycles. The monoisotopic (exact) mass is 442 g/mol. The van der Waals surface area contributed by atoms with Gasteiger partial charge in [0.05, 0.1) is 4.90 Å². The van der Waals surface area contributed by atoms with Crippen LogP contribution in [0.15, 0.2) is 35.2 Å². The number of unbranched alkanes of at least 4 members (excludes halogenated alkanes) is 8. The standard InChI is InChI=1S/C24H36O3S.K/c1-3-5-7-9-11-14-20-18-19-23-22(16-13-17-24(23)28(25,26)27)21(20)15-12-10-8-6-4-2;/h13,16-19H,3-12,14-15H2,1-2H3,(H,25,26,27);/q;+1/p-1. The minimum atomic E-state index is -4.47. The zero-order chi connectivity index (χ0) is 20.4. The zero-order valence-corrected chi connectivity index (χ0v) is 22.4. The molecule has 0 heterocycles. The minimum absolute atomic E-state index is 0. The Labute approximate surface area is 220 Å². The van der Waals surface area contributed by atoms with Gasteiger partial charge in [-0.3, -0.25) is 0 Å². The number of rotatable bonds is 13. The topological polar surface area (TPSA) is 57.2 Å². The van der Waals surface area contributed by atoms with Gasteiger partial charge in [-0.2, -0.15) is 0 Å². The van der Waals surface area contributed by atoms with Gasteiger partial charge >= 0.3 is 51.4 Å². The fourth-order valence-electron chi connectivity index (χ4n) is 4.01. The van der Waals surface area contributed by atoms with Gasteiger partial charge < -0.3 is 4.55 Å².